The molecule has 0 aliphatic carbocycles. The number of hydrogen-bond donors (Lipinski definition) is 3. The van der Waals surface area contributed by atoms with Gasteiger partial charge in [0, 0.05) is 18.3 Å². The Labute approximate surface area is 224 Å². The second-order valence-corrected chi connectivity index (χ2v) is 9.30. The van der Waals surface area contributed by atoms with E-state index in [-0.39, 0.29) is 23.9 Å². The van der Waals surface area contributed by atoms with E-state index < -0.39 is 5.97 Å². The Morgan fingerprint density at radius 1 is 1.05 bits per heavy atom. The Morgan fingerprint density at radius 2 is 1.79 bits per heavy atom. The third kappa shape index (κ3) is 7.38. The van der Waals surface area contributed by atoms with Crippen molar-refractivity contribution in [1.82, 2.24) is 10.3 Å². The van der Waals surface area contributed by atoms with Gasteiger partial charge in [0.1, 0.15) is 5.69 Å². The maximum absolute atomic E-state index is 12.9. The van der Waals surface area contributed by atoms with Crippen molar-refractivity contribution in [1.29, 1.82) is 5.41 Å². The van der Waals surface area contributed by atoms with Crippen LogP contribution in [0, 0.1) is 19.3 Å². The number of unbranched alkanes of at least 4 members (excludes halogenated alkanes) is 2. The van der Waals surface area contributed by atoms with Crippen molar-refractivity contribution in [3.63, 3.8) is 0 Å². The summed E-state index contributed by atoms with van der Waals surface area (Å²) in [5.41, 5.74) is 7.05. The highest BCUT2D eigenvalue weighted by molar-refractivity contribution is 5.96. The van der Waals surface area contributed by atoms with Crippen molar-refractivity contribution in [2.75, 3.05) is 7.11 Å². The van der Waals surface area contributed by atoms with Crippen LogP contribution in [0.15, 0.2) is 60.3 Å². The Morgan fingerprint density at radius 3 is 2.45 bits per heavy atom. The number of rotatable bonds is 11. The van der Waals surface area contributed by atoms with Gasteiger partial charge in [-0.2, -0.15) is 0 Å². The largest absolute Gasteiger partial charge is 0.481 e. The number of amides is 1. The molecule has 0 atom stereocenters. The number of hydrogen-bond acceptors (Lipinski definition) is 5. The summed E-state index contributed by atoms with van der Waals surface area (Å²) in [6.45, 7) is 6.41. The Bertz CT molecular complexity index is 1340. The maximum atomic E-state index is 12.9. The summed E-state index contributed by atoms with van der Waals surface area (Å²) in [5, 5.41) is 20.1. The summed E-state index contributed by atoms with van der Waals surface area (Å²) in [5.74, 6) is -1.12. The summed E-state index contributed by atoms with van der Waals surface area (Å²) in [7, 11) is 1.53. The highest BCUT2D eigenvalue weighted by atomic mass is 16.5. The fourth-order valence-electron chi connectivity index (χ4n) is 4.10. The second kappa shape index (κ2) is 13.3. The normalized spacial score (nSPS) is 11.2. The first-order valence-electron chi connectivity index (χ1n) is 12.7. The van der Waals surface area contributed by atoms with Crippen LogP contribution in [0.5, 0.6) is 0 Å². The smallest absolute Gasteiger partial charge is 0.335 e. The Kier molecular flexibility index (Phi) is 9.93. The zero-order chi connectivity index (χ0) is 27.7. The lowest BCUT2D eigenvalue weighted by Gasteiger charge is -2.13. The molecule has 1 heterocycles. The fourth-order valence-corrected chi connectivity index (χ4v) is 4.10. The number of aromatic carboxylic acids is 1. The standard InChI is InChI=1S/C31H35N3O4/c1-5-6-7-8-25(29(32)38-4)16-26-15-24(12-9-20(26)2)27-17-28(33-18-21(27)3)30(35)34-19-22-10-13-23(14-11-22)31(36)37/h9-18,32H,5-8,19H2,1-4H3,(H,34,35)(H,36,37)/b25-16+,32-29?. The van der Waals surface area contributed by atoms with Crippen LogP contribution in [-0.2, 0) is 11.3 Å². The van der Waals surface area contributed by atoms with Crippen LogP contribution in [0.4, 0.5) is 0 Å². The molecule has 0 radical (unpaired) electrons. The van der Waals surface area contributed by atoms with Gasteiger partial charge in [0.2, 0.25) is 5.90 Å². The van der Waals surface area contributed by atoms with Gasteiger partial charge in [-0.3, -0.25) is 15.2 Å². The molecule has 1 aromatic heterocycles. The van der Waals surface area contributed by atoms with Crippen molar-refractivity contribution in [3.05, 3.63) is 93.8 Å². The molecule has 7 heteroatoms. The molecule has 0 fully saturated rings. The number of carboxylic acids is 1. The summed E-state index contributed by atoms with van der Waals surface area (Å²) in [6, 6.07) is 14.3. The first-order chi connectivity index (χ1) is 18.2. The third-order valence-electron chi connectivity index (χ3n) is 6.46. The molecule has 3 rings (SSSR count). The van der Waals surface area contributed by atoms with E-state index in [1.54, 1.807) is 24.4 Å². The van der Waals surface area contributed by atoms with E-state index in [0.29, 0.717) is 5.69 Å². The van der Waals surface area contributed by atoms with E-state index in [0.717, 1.165) is 64.6 Å². The van der Waals surface area contributed by atoms with E-state index in [9.17, 15) is 9.59 Å². The Balaban J connectivity index is 1.84. The highest BCUT2D eigenvalue weighted by Crippen LogP contribution is 2.28. The van der Waals surface area contributed by atoms with E-state index in [4.69, 9.17) is 15.3 Å². The van der Waals surface area contributed by atoms with E-state index in [1.165, 1.54) is 19.2 Å². The van der Waals surface area contributed by atoms with Crippen LogP contribution in [0.25, 0.3) is 17.2 Å². The van der Waals surface area contributed by atoms with Gasteiger partial charge in [-0.1, -0.05) is 44.0 Å². The van der Waals surface area contributed by atoms with Crippen molar-refractivity contribution in [2.24, 2.45) is 0 Å². The van der Waals surface area contributed by atoms with Crippen molar-refractivity contribution in [3.8, 4) is 11.1 Å². The molecule has 2 aromatic carbocycles. The summed E-state index contributed by atoms with van der Waals surface area (Å²) in [4.78, 5) is 28.2. The lowest BCUT2D eigenvalue weighted by atomic mass is 9.95. The SMILES string of the molecule is CCCCC/C(=C\c1cc(-c2cc(C(=O)NCc3ccc(C(=O)O)cc3)ncc2C)ccc1C)C(=N)OC. The molecule has 3 aromatic rings. The number of aryl methyl sites for hydroxylation is 2. The minimum atomic E-state index is -0.989. The van der Waals surface area contributed by atoms with Gasteiger partial charge in [-0.05, 0) is 90.4 Å². The number of benzene rings is 2. The van der Waals surface area contributed by atoms with Gasteiger partial charge in [-0.15, -0.1) is 0 Å². The molecule has 3 N–H and O–H groups in total. The Hall–Kier alpha value is -4.26. The van der Waals surface area contributed by atoms with Crippen LogP contribution in [0.2, 0.25) is 0 Å². The molecule has 0 saturated heterocycles. The number of nitrogens with zero attached hydrogens (tertiary/aromatic N) is 1. The van der Waals surface area contributed by atoms with Crippen LogP contribution in [0.3, 0.4) is 0 Å². The predicted octanol–water partition coefficient (Wildman–Crippen LogP) is 6.58. The minimum absolute atomic E-state index is 0.183. The van der Waals surface area contributed by atoms with Gasteiger partial charge in [-0.25, -0.2) is 4.79 Å². The lowest BCUT2D eigenvalue weighted by molar-refractivity contribution is 0.0696. The van der Waals surface area contributed by atoms with Crippen LogP contribution >= 0.6 is 0 Å². The molecule has 0 spiro atoms. The van der Waals surface area contributed by atoms with Crippen LogP contribution < -0.4 is 5.32 Å². The average molecular weight is 514 g/mol. The number of methoxy groups -OCH3 is 1. The zero-order valence-corrected chi connectivity index (χ0v) is 22.4. The van der Waals surface area contributed by atoms with Gasteiger partial charge >= 0.3 is 5.97 Å². The molecular weight excluding hydrogens is 478 g/mol. The molecule has 38 heavy (non-hydrogen) atoms. The van der Waals surface area contributed by atoms with Crippen LogP contribution in [0.1, 0.15) is 75.7 Å². The molecule has 0 aliphatic rings. The number of carbonyl (C=O) groups is 2. The van der Waals surface area contributed by atoms with Crippen LogP contribution in [-0.4, -0.2) is 35.0 Å². The molecule has 0 unspecified atom stereocenters. The zero-order valence-electron chi connectivity index (χ0n) is 22.4. The first-order valence-corrected chi connectivity index (χ1v) is 12.7. The summed E-state index contributed by atoms with van der Waals surface area (Å²) >= 11 is 0. The fraction of sp³-hybridized carbons (Fsp3) is 0.290. The number of ether oxygens (including phenoxy) is 1. The topological polar surface area (TPSA) is 112 Å². The van der Waals surface area contributed by atoms with E-state index in [1.807, 2.05) is 32.1 Å². The van der Waals surface area contributed by atoms with Gasteiger partial charge in [0.05, 0.1) is 12.7 Å². The number of nitrogens with one attached hydrogen (secondary N) is 2. The average Bonchev–Trinajstić information content (AvgIpc) is 2.92. The molecular formula is C31H35N3O4. The second-order valence-electron chi connectivity index (χ2n) is 9.30. The first kappa shape index (κ1) is 28.3. The third-order valence-corrected chi connectivity index (χ3v) is 6.46. The molecule has 0 saturated carbocycles. The van der Waals surface area contributed by atoms with E-state index in [2.05, 4.69) is 23.3 Å². The van der Waals surface area contributed by atoms with Gasteiger partial charge < -0.3 is 15.2 Å². The number of pyridine rings is 1. The minimum Gasteiger partial charge on any atom is -0.481 e. The number of carboxylic acid groups (broad SMARTS) is 1. The lowest BCUT2D eigenvalue weighted by Crippen LogP contribution is -2.24. The van der Waals surface area contributed by atoms with Gasteiger partial charge in [0.15, 0.2) is 0 Å². The summed E-state index contributed by atoms with van der Waals surface area (Å²) in [6.07, 6.45) is 7.71. The van der Waals surface area contributed by atoms with Crippen molar-refractivity contribution < 1.29 is 19.4 Å². The monoisotopic (exact) mass is 513 g/mol. The van der Waals surface area contributed by atoms with Gasteiger partial charge in [0.25, 0.3) is 5.91 Å². The molecule has 0 aliphatic heterocycles. The van der Waals surface area contributed by atoms with Crippen molar-refractivity contribution >= 4 is 23.9 Å². The number of aromatic nitrogens is 1. The highest BCUT2D eigenvalue weighted by Gasteiger charge is 2.13. The molecule has 7 nitrogen and oxygen atoms in total. The quantitative estimate of drug-likeness (QED) is 0.152. The maximum Gasteiger partial charge on any atom is 0.335 e. The van der Waals surface area contributed by atoms with Crippen molar-refractivity contribution in [2.45, 2.75) is 53.0 Å². The van der Waals surface area contributed by atoms with E-state index >= 15 is 0 Å². The number of carbonyl (C=O) groups excluding carboxylic acids is 1. The summed E-state index contributed by atoms with van der Waals surface area (Å²) < 4.78 is 5.24. The molecule has 198 valence electrons. The molecule has 1 amide bonds. The predicted molar refractivity (Wildman–Crippen MR) is 151 cm³/mol. The molecule has 0 bridgehead atoms.